The Labute approximate surface area is 172 Å². The maximum Gasteiger partial charge on any atom is 0.416 e. The van der Waals surface area contributed by atoms with Gasteiger partial charge in [-0.05, 0) is 29.8 Å². The smallest absolute Gasteiger partial charge is 0.416 e. The maximum atomic E-state index is 12.6. The lowest BCUT2D eigenvalue weighted by Crippen LogP contribution is -2.43. The number of hydrogen-bond acceptors (Lipinski definition) is 4. The second-order valence-electron chi connectivity index (χ2n) is 6.50. The first-order valence-electron chi connectivity index (χ1n) is 9.30. The van der Waals surface area contributed by atoms with Gasteiger partial charge in [0.05, 0.1) is 5.56 Å². The van der Waals surface area contributed by atoms with E-state index >= 15 is 0 Å². The Balaban J connectivity index is 1.88. The van der Waals surface area contributed by atoms with Crippen LogP contribution >= 0.6 is 0 Å². The van der Waals surface area contributed by atoms with Gasteiger partial charge >= 0.3 is 6.18 Å². The van der Waals surface area contributed by atoms with Crippen LogP contribution in [0, 0.1) is 0 Å². The van der Waals surface area contributed by atoms with Crippen LogP contribution in [-0.2, 0) is 15.8 Å². The van der Waals surface area contributed by atoms with Crippen molar-refractivity contribution < 1.29 is 32.6 Å². The van der Waals surface area contributed by atoms with E-state index in [-0.39, 0.29) is 31.2 Å². The number of benzene rings is 2. The largest absolute Gasteiger partial charge is 0.491 e. The molecule has 2 aromatic rings. The SMILES string of the molecule is CCC(=O)NC(C(=O)NCC(O)COc1ccc(C(F)(F)F)cc1)c1ccccc1. The van der Waals surface area contributed by atoms with E-state index in [0.717, 1.165) is 24.3 Å². The van der Waals surface area contributed by atoms with Crippen molar-refractivity contribution in [2.24, 2.45) is 0 Å². The fraction of sp³-hybridized carbons (Fsp3) is 0.333. The molecule has 30 heavy (non-hydrogen) atoms. The van der Waals surface area contributed by atoms with Gasteiger partial charge in [-0.15, -0.1) is 0 Å². The van der Waals surface area contributed by atoms with Crippen LogP contribution in [0.25, 0.3) is 0 Å². The molecule has 0 aliphatic rings. The van der Waals surface area contributed by atoms with Crippen LogP contribution in [-0.4, -0.2) is 36.2 Å². The Morgan fingerprint density at radius 3 is 2.27 bits per heavy atom. The van der Waals surface area contributed by atoms with E-state index in [2.05, 4.69) is 10.6 Å². The van der Waals surface area contributed by atoms with Crippen LogP contribution in [0.3, 0.4) is 0 Å². The number of aliphatic hydroxyl groups excluding tert-OH is 1. The van der Waals surface area contributed by atoms with Gasteiger partial charge in [0, 0.05) is 13.0 Å². The summed E-state index contributed by atoms with van der Waals surface area (Å²) in [6.45, 7) is 1.27. The van der Waals surface area contributed by atoms with E-state index in [1.807, 2.05) is 0 Å². The fourth-order valence-electron chi connectivity index (χ4n) is 2.52. The average Bonchev–Trinajstić information content (AvgIpc) is 2.74. The van der Waals surface area contributed by atoms with Crippen LogP contribution in [0.4, 0.5) is 13.2 Å². The van der Waals surface area contributed by atoms with Gasteiger partial charge in [0.1, 0.15) is 24.5 Å². The summed E-state index contributed by atoms with van der Waals surface area (Å²) < 4.78 is 42.9. The normalized spacial score (nSPS) is 13.2. The fourth-order valence-corrected chi connectivity index (χ4v) is 2.52. The molecule has 0 saturated carbocycles. The summed E-state index contributed by atoms with van der Waals surface area (Å²) in [5.74, 6) is -0.646. The van der Waals surface area contributed by atoms with Crippen molar-refractivity contribution in [2.75, 3.05) is 13.2 Å². The van der Waals surface area contributed by atoms with E-state index in [1.165, 1.54) is 0 Å². The molecule has 0 aromatic heterocycles. The van der Waals surface area contributed by atoms with Crippen LogP contribution in [0.5, 0.6) is 5.75 Å². The molecule has 9 heteroatoms. The zero-order valence-electron chi connectivity index (χ0n) is 16.3. The van der Waals surface area contributed by atoms with E-state index in [9.17, 15) is 27.9 Å². The summed E-state index contributed by atoms with van der Waals surface area (Å²) in [5.41, 5.74) is -0.212. The number of nitrogens with one attached hydrogen (secondary N) is 2. The number of ether oxygens (including phenoxy) is 1. The second-order valence-corrected chi connectivity index (χ2v) is 6.50. The monoisotopic (exact) mass is 424 g/mol. The molecule has 2 aromatic carbocycles. The van der Waals surface area contributed by atoms with Crippen molar-refractivity contribution in [2.45, 2.75) is 31.7 Å². The molecule has 0 heterocycles. The zero-order chi connectivity index (χ0) is 22.1. The molecule has 162 valence electrons. The van der Waals surface area contributed by atoms with E-state index in [1.54, 1.807) is 37.3 Å². The molecular weight excluding hydrogens is 401 g/mol. The van der Waals surface area contributed by atoms with E-state index in [0.29, 0.717) is 5.56 Å². The Morgan fingerprint density at radius 2 is 1.70 bits per heavy atom. The lowest BCUT2D eigenvalue weighted by atomic mass is 10.1. The first-order valence-corrected chi connectivity index (χ1v) is 9.30. The second kappa shape index (κ2) is 10.6. The molecule has 3 N–H and O–H groups in total. The van der Waals surface area contributed by atoms with Crippen molar-refractivity contribution in [1.82, 2.24) is 10.6 Å². The van der Waals surface area contributed by atoms with Gasteiger partial charge < -0.3 is 20.5 Å². The van der Waals surface area contributed by atoms with Crippen molar-refractivity contribution in [1.29, 1.82) is 0 Å². The highest BCUT2D eigenvalue weighted by molar-refractivity contribution is 5.88. The molecule has 2 unspecified atom stereocenters. The quantitative estimate of drug-likeness (QED) is 0.578. The summed E-state index contributed by atoms with van der Waals surface area (Å²) in [7, 11) is 0. The molecule has 0 aliphatic carbocycles. The maximum absolute atomic E-state index is 12.6. The molecule has 0 radical (unpaired) electrons. The minimum absolute atomic E-state index is 0.158. The molecule has 2 rings (SSSR count). The number of aliphatic hydroxyl groups is 1. The first-order chi connectivity index (χ1) is 14.2. The number of amides is 2. The number of carbonyl (C=O) groups is 2. The molecule has 0 spiro atoms. The van der Waals surface area contributed by atoms with Crippen LogP contribution in [0.15, 0.2) is 54.6 Å². The third-order valence-corrected chi connectivity index (χ3v) is 4.16. The number of carbonyl (C=O) groups excluding carboxylic acids is 2. The first kappa shape index (κ1) is 23.2. The summed E-state index contributed by atoms with van der Waals surface area (Å²) in [4.78, 5) is 24.3. The molecule has 6 nitrogen and oxygen atoms in total. The molecule has 0 saturated heterocycles. The van der Waals surface area contributed by atoms with Gasteiger partial charge in [-0.3, -0.25) is 9.59 Å². The predicted octanol–water partition coefficient (Wildman–Crippen LogP) is 2.83. The van der Waals surface area contributed by atoms with Gasteiger partial charge in [0.15, 0.2) is 0 Å². The number of hydrogen-bond donors (Lipinski definition) is 3. The highest BCUT2D eigenvalue weighted by Crippen LogP contribution is 2.30. The highest BCUT2D eigenvalue weighted by atomic mass is 19.4. The summed E-state index contributed by atoms with van der Waals surface area (Å²) in [6, 6.07) is 11.8. The summed E-state index contributed by atoms with van der Waals surface area (Å²) in [5, 5.41) is 15.2. The molecular formula is C21H23F3N2O4. The molecule has 2 atom stereocenters. The van der Waals surface area contributed by atoms with Crippen molar-refractivity contribution in [3.05, 3.63) is 65.7 Å². The molecule has 0 fully saturated rings. The zero-order valence-corrected chi connectivity index (χ0v) is 16.3. The topological polar surface area (TPSA) is 87.7 Å². The Kier molecular flexibility index (Phi) is 8.23. The number of halogens is 3. The summed E-state index contributed by atoms with van der Waals surface area (Å²) in [6.07, 6.45) is -5.33. The third kappa shape index (κ3) is 7.07. The lowest BCUT2D eigenvalue weighted by molar-refractivity contribution is -0.137. The Bertz CT molecular complexity index is 826. The van der Waals surface area contributed by atoms with Crippen LogP contribution < -0.4 is 15.4 Å². The van der Waals surface area contributed by atoms with Crippen molar-refractivity contribution in [3.63, 3.8) is 0 Å². The van der Waals surface area contributed by atoms with Gasteiger partial charge in [-0.2, -0.15) is 13.2 Å². The van der Waals surface area contributed by atoms with Crippen molar-refractivity contribution in [3.8, 4) is 5.75 Å². The molecule has 0 aliphatic heterocycles. The number of rotatable bonds is 9. The number of alkyl halides is 3. The van der Waals surface area contributed by atoms with Gasteiger partial charge in [0.25, 0.3) is 0 Å². The minimum Gasteiger partial charge on any atom is -0.491 e. The highest BCUT2D eigenvalue weighted by Gasteiger charge is 2.30. The minimum atomic E-state index is -4.44. The standard InChI is InChI=1S/C21H23F3N2O4/c1-2-18(28)26-19(14-6-4-3-5-7-14)20(29)25-12-16(27)13-30-17-10-8-15(9-11-17)21(22,23)24/h3-11,16,19,27H,2,12-13H2,1H3,(H,25,29)(H,26,28). The lowest BCUT2D eigenvalue weighted by Gasteiger charge is -2.20. The summed E-state index contributed by atoms with van der Waals surface area (Å²) >= 11 is 0. The van der Waals surface area contributed by atoms with E-state index in [4.69, 9.17) is 4.74 Å². The van der Waals surface area contributed by atoms with Crippen LogP contribution in [0.1, 0.15) is 30.5 Å². The Hall–Kier alpha value is -3.07. The van der Waals surface area contributed by atoms with Gasteiger partial charge in [-0.25, -0.2) is 0 Å². The van der Waals surface area contributed by atoms with Crippen LogP contribution in [0.2, 0.25) is 0 Å². The third-order valence-electron chi connectivity index (χ3n) is 4.16. The van der Waals surface area contributed by atoms with E-state index < -0.39 is 29.8 Å². The van der Waals surface area contributed by atoms with Gasteiger partial charge in [0.2, 0.25) is 11.8 Å². The Morgan fingerprint density at radius 1 is 1.07 bits per heavy atom. The van der Waals surface area contributed by atoms with Gasteiger partial charge in [-0.1, -0.05) is 37.3 Å². The van der Waals surface area contributed by atoms with Crippen molar-refractivity contribution >= 4 is 11.8 Å². The molecule has 0 bridgehead atoms. The molecule has 2 amide bonds. The average molecular weight is 424 g/mol. The predicted molar refractivity (Wildman–Crippen MR) is 104 cm³/mol.